The van der Waals surface area contributed by atoms with Crippen LogP contribution >= 0.6 is 0 Å². The highest BCUT2D eigenvalue weighted by molar-refractivity contribution is 5.78. The molecular formula is C11H13FN2O2. The maximum atomic E-state index is 12.7. The molecule has 1 saturated carbocycles. The molecule has 0 spiro atoms. The second-order valence-corrected chi connectivity index (χ2v) is 4.02. The summed E-state index contributed by atoms with van der Waals surface area (Å²) < 4.78 is 17.4. The number of methoxy groups -OCH3 is 1. The number of pyridine rings is 1. The topological polar surface area (TPSA) is 65.2 Å². The van der Waals surface area contributed by atoms with Gasteiger partial charge >= 0.3 is 5.97 Å². The van der Waals surface area contributed by atoms with Gasteiger partial charge in [-0.05, 0) is 25.0 Å². The zero-order chi connectivity index (χ0) is 11.8. The molecule has 1 fully saturated rings. The highest BCUT2D eigenvalue weighted by atomic mass is 19.1. The van der Waals surface area contributed by atoms with Crippen molar-refractivity contribution < 1.29 is 13.9 Å². The molecular weight excluding hydrogens is 211 g/mol. The van der Waals surface area contributed by atoms with Gasteiger partial charge in [0, 0.05) is 11.1 Å². The highest BCUT2D eigenvalue weighted by Gasteiger charge is 2.53. The van der Waals surface area contributed by atoms with Gasteiger partial charge in [-0.2, -0.15) is 0 Å². The molecule has 2 rings (SSSR count). The van der Waals surface area contributed by atoms with E-state index in [-0.39, 0.29) is 0 Å². The SMILES string of the molecule is COC(=O)C(N)C1(c2ccc(F)cn2)CC1. The van der Waals surface area contributed by atoms with Crippen molar-refractivity contribution in [2.45, 2.75) is 24.3 Å². The number of hydrogen-bond donors (Lipinski definition) is 1. The van der Waals surface area contributed by atoms with Crippen molar-refractivity contribution in [1.29, 1.82) is 0 Å². The van der Waals surface area contributed by atoms with Crippen molar-refractivity contribution in [1.82, 2.24) is 4.98 Å². The Hall–Kier alpha value is -1.49. The smallest absolute Gasteiger partial charge is 0.323 e. The first-order valence-corrected chi connectivity index (χ1v) is 5.05. The first-order chi connectivity index (χ1) is 7.60. The monoisotopic (exact) mass is 224 g/mol. The summed E-state index contributed by atoms with van der Waals surface area (Å²) in [6.07, 6.45) is 2.70. The number of ether oxygens (including phenoxy) is 1. The average Bonchev–Trinajstić information content (AvgIpc) is 3.09. The van der Waals surface area contributed by atoms with Gasteiger partial charge < -0.3 is 10.5 Å². The molecule has 1 aromatic heterocycles. The third kappa shape index (κ3) is 1.67. The number of nitrogens with two attached hydrogens (primary N) is 1. The fourth-order valence-corrected chi connectivity index (χ4v) is 1.88. The summed E-state index contributed by atoms with van der Waals surface area (Å²) in [5, 5.41) is 0. The van der Waals surface area contributed by atoms with Gasteiger partial charge in [-0.3, -0.25) is 9.78 Å². The number of rotatable bonds is 3. The molecule has 1 heterocycles. The zero-order valence-electron chi connectivity index (χ0n) is 8.94. The normalized spacial score (nSPS) is 18.9. The summed E-state index contributed by atoms with van der Waals surface area (Å²) in [6, 6.07) is 2.17. The molecule has 0 amide bonds. The minimum atomic E-state index is -0.726. The molecule has 1 atom stereocenters. The fraction of sp³-hybridized carbons (Fsp3) is 0.455. The second kappa shape index (κ2) is 3.83. The second-order valence-electron chi connectivity index (χ2n) is 4.02. The first-order valence-electron chi connectivity index (χ1n) is 5.05. The third-order valence-electron chi connectivity index (χ3n) is 3.08. The molecule has 16 heavy (non-hydrogen) atoms. The largest absolute Gasteiger partial charge is 0.468 e. The lowest BCUT2D eigenvalue weighted by Gasteiger charge is -2.20. The van der Waals surface area contributed by atoms with Gasteiger partial charge in [-0.1, -0.05) is 0 Å². The molecule has 0 radical (unpaired) electrons. The average molecular weight is 224 g/mol. The number of esters is 1. The van der Waals surface area contributed by atoms with Crippen molar-refractivity contribution in [2.75, 3.05) is 7.11 Å². The van der Waals surface area contributed by atoms with Crippen LogP contribution in [0.3, 0.4) is 0 Å². The van der Waals surface area contributed by atoms with Gasteiger partial charge in [0.1, 0.15) is 11.9 Å². The number of aromatic nitrogens is 1. The molecule has 1 unspecified atom stereocenters. The standard InChI is InChI=1S/C11H13FN2O2/c1-16-10(15)9(13)11(4-5-11)8-3-2-7(12)6-14-8/h2-3,6,9H,4-5,13H2,1H3. The van der Waals surface area contributed by atoms with Gasteiger partial charge in [0.15, 0.2) is 0 Å². The zero-order valence-corrected chi connectivity index (χ0v) is 8.94. The van der Waals surface area contributed by atoms with Crippen molar-refractivity contribution in [3.63, 3.8) is 0 Å². The molecule has 0 saturated heterocycles. The van der Waals surface area contributed by atoms with E-state index in [1.165, 1.54) is 13.2 Å². The Kier molecular flexibility index (Phi) is 2.63. The number of carbonyl (C=O) groups is 1. The number of halogens is 1. The Morgan fingerprint density at radius 2 is 2.31 bits per heavy atom. The van der Waals surface area contributed by atoms with Crippen LogP contribution in [0.25, 0.3) is 0 Å². The summed E-state index contributed by atoms with van der Waals surface area (Å²) in [5.41, 5.74) is 6.03. The lowest BCUT2D eigenvalue weighted by Crippen LogP contribution is -2.43. The summed E-state index contributed by atoms with van der Waals surface area (Å²) in [4.78, 5) is 15.4. The molecule has 0 bridgehead atoms. The number of carbonyl (C=O) groups excluding carboxylic acids is 1. The van der Waals surface area contributed by atoms with E-state index in [0.29, 0.717) is 5.69 Å². The molecule has 1 aliphatic carbocycles. The van der Waals surface area contributed by atoms with Crippen LogP contribution in [0, 0.1) is 5.82 Å². The van der Waals surface area contributed by atoms with Crippen LogP contribution in [0.4, 0.5) is 4.39 Å². The molecule has 86 valence electrons. The summed E-state index contributed by atoms with van der Waals surface area (Å²) >= 11 is 0. The minimum Gasteiger partial charge on any atom is -0.468 e. The van der Waals surface area contributed by atoms with Crippen LogP contribution in [0.15, 0.2) is 18.3 Å². The highest BCUT2D eigenvalue weighted by Crippen LogP contribution is 2.49. The molecule has 4 nitrogen and oxygen atoms in total. The predicted octanol–water partition coefficient (Wildman–Crippen LogP) is 0.753. The predicted molar refractivity (Wildman–Crippen MR) is 55.1 cm³/mol. The minimum absolute atomic E-state index is 0.397. The Morgan fingerprint density at radius 3 is 2.75 bits per heavy atom. The van der Waals surface area contributed by atoms with Gasteiger partial charge in [0.25, 0.3) is 0 Å². The molecule has 1 aromatic rings. The Balaban J connectivity index is 2.26. The van der Waals surface area contributed by atoms with Gasteiger partial charge in [-0.25, -0.2) is 4.39 Å². The summed E-state index contributed by atoms with van der Waals surface area (Å²) in [6.45, 7) is 0. The molecule has 0 aromatic carbocycles. The van der Waals surface area contributed by atoms with E-state index in [9.17, 15) is 9.18 Å². The van der Waals surface area contributed by atoms with Crippen LogP contribution in [0.5, 0.6) is 0 Å². The van der Waals surface area contributed by atoms with Crippen molar-refractivity contribution in [3.8, 4) is 0 Å². The lowest BCUT2D eigenvalue weighted by atomic mass is 9.92. The summed E-state index contributed by atoms with van der Waals surface area (Å²) in [7, 11) is 1.30. The van der Waals surface area contributed by atoms with E-state index in [2.05, 4.69) is 9.72 Å². The maximum absolute atomic E-state index is 12.7. The Labute approximate surface area is 92.6 Å². The molecule has 2 N–H and O–H groups in total. The van der Waals surface area contributed by atoms with E-state index in [1.54, 1.807) is 6.07 Å². The molecule has 0 aliphatic heterocycles. The van der Waals surface area contributed by atoms with Crippen LogP contribution in [-0.4, -0.2) is 24.1 Å². The van der Waals surface area contributed by atoms with E-state index in [4.69, 9.17) is 5.73 Å². The van der Waals surface area contributed by atoms with Crippen molar-refractivity contribution in [3.05, 3.63) is 29.8 Å². The number of hydrogen-bond acceptors (Lipinski definition) is 4. The number of nitrogens with zero attached hydrogens (tertiary/aromatic N) is 1. The van der Waals surface area contributed by atoms with Gasteiger partial charge in [0.2, 0.25) is 0 Å². The van der Waals surface area contributed by atoms with Gasteiger partial charge in [-0.15, -0.1) is 0 Å². The van der Waals surface area contributed by atoms with E-state index in [1.807, 2.05) is 0 Å². The van der Waals surface area contributed by atoms with E-state index >= 15 is 0 Å². The first kappa shape index (κ1) is 11.0. The Bertz CT molecular complexity index is 401. The van der Waals surface area contributed by atoms with E-state index < -0.39 is 23.2 Å². The maximum Gasteiger partial charge on any atom is 0.323 e. The van der Waals surface area contributed by atoms with E-state index in [0.717, 1.165) is 19.0 Å². The van der Waals surface area contributed by atoms with Gasteiger partial charge in [0.05, 0.1) is 13.3 Å². The molecule has 1 aliphatic rings. The third-order valence-corrected chi connectivity index (χ3v) is 3.08. The van der Waals surface area contributed by atoms with Crippen LogP contribution < -0.4 is 5.73 Å². The molecule has 5 heteroatoms. The van der Waals surface area contributed by atoms with Crippen molar-refractivity contribution >= 4 is 5.97 Å². The van der Waals surface area contributed by atoms with Crippen LogP contribution in [-0.2, 0) is 14.9 Å². The lowest BCUT2D eigenvalue weighted by molar-refractivity contribution is -0.143. The van der Waals surface area contributed by atoms with Crippen molar-refractivity contribution in [2.24, 2.45) is 5.73 Å². The summed E-state index contributed by atoms with van der Waals surface area (Å²) in [5.74, 6) is -0.852. The quantitative estimate of drug-likeness (QED) is 0.769. The Morgan fingerprint density at radius 1 is 1.62 bits per heavy atom. The van der Waals surface area contributed by atoms with Crippen LogP contribution in [0.2, 0.25) is 0 Å². The van der Waals surface area contributed by atoms with Crippen LogP contribution in [0.1, 0.15) is 18.5 Å². The fourth-order valence-electron chi connectivity index (χ4n) is 1.88.